The number of hydrogen-bond acceptors (Lipinski definition) is 6. The van der Waals surface area contributed by atoms with Crippen LogP contribution in [0.4, 0.5) is 11.4 Å². The van der Waals surface area contributed by atoms with Crippen LogP contribution in [0.2, 0.25) is 0 Å². The standard InChI is InChI=1S/C16H16N2O6S/c1-9(19)10-3-5-12(14(20)7-10)16(21)18-13-6-4-11(17-2)8-15(13)25(22,23)24/h3-8,17,20H,1-2H3,(H,18,21)(H,22,23,24). The Hall–Kier alpha value is -2.91. The predicted octanol–water partition coefficient (Wildman–Crippen LogP) is 2.14. The first-order chi connectivity index (χ1) is 11.6. The summed E-state index contributed by atoms with van der Waals surface area (Å²) in [6.45, 7) is 1.32. The number of phenolic OH excluding ortho intramolecular Hbond substituents is 1. The molecule has 0 atom stereocenters. The van der Waals surface area contributed by atoms with Gasteiger partial charge in [0, 0.05) is 18.3 Å². The molecule has 0 saturated carbocycles. The van der Waals surface area contributed by atoms with E-state index < -0.39 is 26.7 Å². The summed E-state index contributed by atoms with van der Waals surface area (Å²) in [5, 5.41) is 15.0. The number of hydrogen-bond donors (Lipinski definition) is 4. The monoisotopic (exact) mass is 364 g/mol. The highest BCUT2D eigenvalue weighted by atomic mass is 32.2. The molecule has 8 nitrogen and oxygen atoms in total. The summed E-state index contributed by atoms with van der Waals surface area (Å²) in [6, 6.07) is 7.72. The van der Waals surface area contributed by atoms with Gasteiger partial charge in [-0.15, -0.1) is 0 Å². The van der Waals surface area contributed by atoms with Gasteiger partial charge in [0.25, 0.3) is 16.0 Å². The van der Waals surface area contributed by atoms with E-state index in [1.165, 1.54) is 31.2 Å². The Morgan fingerprint density at radius 3 is 2.28 bits per heavy atom. The van der Waals surface area contributed by atoms with Crippen molar-refractivity contribution in [2.45, 2.75) is 11.8 Å². The summed E-state index contributed by atoms with van der Waals surface area (Å²) >= 11 is 0. The van der Waals surface area contributed by atoms with Gasteiger partial charge >= 0.3 is 0 Å². The van der Waals surface area contributed by atoms with Crippen LogP contribution in [0.5, 0.6) is 5.75 Å². The normalized spacial score (nSPS) is 11.0. The quantitative estimate of drug-likeness (QED) is 0.472. The van der Waals surface area contributed by atoms with E-state index in [0.29, 0.717) is 5.69 Å². The average Bonchev–Trinajstić information content (AvgIpc) is 2.53. The first-order valence-electron chi connectivity index (χ1n) is 7.08. The number of phenols is 1. The van der Waals surface area contributed by atoms with Crippen LogP contribution in [-0.2, 0) is 10.1 Å². The Morgan fingerprint density at radius 1 is 1.08 bits per heavy atom. The van der Waals surface area contributed by atoms with Gasteiger partial charge in [-0.1, -0.05) is 6.07 Å². The molecule has 1 amide bonds. The molecule has 0 fully saturated rings. The number of aromatic hydroxyl groups is 1. The van der Waals surface area contributed by atoms with Crippen molar-refractivity contribution in [2.75, 3.05) is 17.7 Å². The van der Waals surface area contributed by atoms with Gasteiger partial charge < -0.3 is 15.7 Å². The third kappa shape index (κ3) is 4.14. The molecule has 2 rings (SSSR count). The molecule has 0 aromatic heterocycles. The van der Waals surface area contributed by atoms with Crippen LogP contribution in [0.25, 0.3) is 0 Å². The van der Waals surface area contributed by atoms with E-state index >= 15 is 0 Å². The van der Waals surface area contributed by atoms with E-state index in [4.69, 9.17) is 0 Å². The van der Waals surface area contributed by atoms with Gasteiger partial charge in [0.15, 0.2) is 5.78 Å². The molecule has 0 bridgehead atoms. The highest BCUT2D eigenvalue weighted by molar-refractivity contribution is 7.86. The van der Waals surface area contributed by atoms with E-state index in [1.807, 2.05) is 0 Å². The predicted molar refractivity (Wildman–Crippen MR) is 91.9 cm³/mol. The molecule has 0 saturated heterocycles. The van der Waals surface area contributed by atoms with Crippen molar-refractivity contribution in [2.24, 2.45) is 0 Å². The van der Waals surface area contributed by atoms with E-state index in [1.54, 1.807) is 7.05 Å². The van der Waals surface area contributed by atoms with Crippen LogP contribution < -0.4 is 10.6 Å². The van der Waals surface area contributed by atoms with Crippen molar-refractivity contribution >= 4 is 33.2 Å². The summed E-state index contributed by atoms with van der Waals surface area (Å²) in [5.74, 6) is -1.50. The largest absolute Gasteiger partial charge is 0.507 e. The molecule has 0 aliphatic carbocycles. The van der Waals surface area contributed by atoms with Crippen molar-refractivity contribution in [3.8, 4) is 5.75 Å². The molecule has 25 heavy (non-hydrogen) atoms. The summed E-state index contributed by atoms with van der Waals surface area (Å²) < 4.78 is 32.4. The van der Waals surface area contributed by atoms with Crippen molar-refractivity contribution in [3.05, 3.63) is 47.5 Å². The fourth-order valence-electron chi connectivity index (χ4n) is 2.13. The highest BCUT2D eigenvalue weighted by Crippen LogP contribution is 2.27. The minimum atomic E-state index is -4.58. The van der Waals surface area contributed by atoms with Gasteiger partial charge in [-0.25, -0.2) is 0 Å². The van der Waals surface area contributed by atoms with Crippen LogP contribution in [0.15, 0.2) is 41.3 Å². The molecule has 0 aliphatic rings. The fraction of sp³-hybridized carbons (Fsp3) is 0.125. The van der Waals surface area contributed by atoms with E-state index in [2.05, 4.69) is 10.6 Å². The number of rotatable bonds is 5. The lowest BCUT2D eigenvalue weighted by Gasteiger charge is -2.12. The van der Waals surface area contributed by atoms with Crippen molar-refractivity contribution in [1.29, 1.82) is 0 Å². The van der Waals surface area contributed by atoms with Crippen LogP contribution in [-0.4, -0.2) is 36.8 Å². The van der Waals surface area contributed by atoms with Crippen LogP contribution >= 0.6 is 0 Å². The third-order valence-electron chi connectivity index (χ3n) is 3.45. The van der Waals surface area contributed by atoms with Crippen molar-refractivity contribution < 1.29 is 27.7 Å². The third-order valence-corrected chi connectivity index (χ3v) is 4.34. The summed E-state index contributed by atoms with van der Waals surface area (Å²) in [6.07, 6.45) is 0. The molecule has 2 aromatic rings. The van der Waals surface area contributed by atoms with Gasteiger partial charge in [-0.05, 0) is 37.3 Å². The lowest BCUT2D eigenvalue weighted by atomic mass is 10.1. The number of Topliss-reactive ketones (excluding diaryl/α,β-unsaturated/α-hetero) is 1. The fourth-order valence-corrected chi connectivity index (χ4v) is 2.80. The molecule has 0 spiro atoms. The zero-order valence-electron chi connectivity index (χ0n) is 13.4. The van der Waals surface area contributed by atoms with Gasteiger partial charge in [-0.2, -0.15) is 8.42 Å². The number of ketones is 1. The maximum absolute atomic E-state index is 12.3. The zero-order valence-corrected chi connectivity index (χ0v) is 14.2. The SMILES string of the molecule is CNc1ccc(NC(=O)c2ccc(C(C)=O)cc2O)c(S(=O)(=O)O)c1. The smallest absolute Gasteiger partial charge is 0.296 e. The van der Waals surface area contributed by atoms with E-state index in [-0.39, 0.29) is 22.6 Å². The van der Waals surface area contributed by atoms with Crippen LogP contribution in [0.3, 0.4) is 0 Å². The molecular formula is C16H16N2O6S. The number of amides is 1. The van der Waals surface area contributed by atoms with E-state index in [9.17, 15) is 27.7 Å². The first-order valence-corrected chi connectivity index (χ1v) is 8.52. The molecule has 2 aromatic carbocycles. The van der Waals surface area contributed by atoms with E-state index in [0.717, 1.165) is 12.1 Å². The number of benzene rings is 2. The van der Waals surface area contributed by atoms with Crippen LogP contribution in [0, 0.1) is 0 Å². The van der Waals surface area contributed by atoms with Crippen LogP contribution in [0.1, 0.15) is 27.6 Å². The topological polar surface area (TPSA) is 133 Å². The Bertz CT molecular complexity index is 953. The summed E-state index contributed by atoms with van der Waals surface area (Å²) in [7, 11) is -3.02. The molecule has 0 radical (unpaired) electrons. The molecule has 132 valence electrons. The summed E-state index contributed by atoms with van der Waals surface area (Å²) in [5.41, 5.74) is 0.343. The number of carbonyl (C=O) groups excluding carboxylic acids is 2. The molecule has 9 heteroatoms. The van der Waals surface area contributed by atoms with Gasteiger partial charge in [0.2, 0.25) is 0 Å². The maximum atomic E-state index is 12.3. The lowest BCUT2D eigenvalue weighted by Crippen LogP contribution is -2.15. The molecule has 0 heterocycles. The highest BCUT2D eigenvalue weighted by Gasteiger charge is 2.20. The van der Waals surface area contributed by atoms with Crippen molar-refractivity contribution in [1.82, 2.24) is 0 Å². The second kappa shape index (κ2) is 6.91. The second-order valence-corrected chi connectivity index (χ2v) is 6.57. The minimum Gasteiger partial charge on any atom is -0.507 e. The maximum Gasteiger partial charge on any atom is 0.296 e. The number of anilines is 2. The first kappa shape index (κ1) is 18.4. The number of carbonyl (C=O) groups is 2. The minimum absolute atomic E-state index is 0.149. The van der Waals surface area contributed by atoms with Crippen molar-refractivity contribution in [3.63, 3.8) is 0 Å². The molecule has 4 N–H and O–H groups in total. The molecule has 0 unspecified atom stereocenters. The lowest BCUT2D eigenvalue weighted by molar-refractivity contribution is 0.100. The Morgan fingerprint density at radius 2 is 1.76 bits per heavy atom. The second-order valence-electron chi connectivity index (χ2n) is 5.18. The molecule has 0 aliphatic heterocycles. The Kier molecular flexibility index (Phi) is 5.10. The van der Waals surface area contributed by atoms with Gasteiger partial charge in [0.05, 0.1) is 11.3 Å². The van der Waals surface area contributed by atoms with Gasteiger partial charge in [0.1, 0.15) is 10.6 Å². The molecular weight excluding hydrogens is 348 g/mol. The average molecular weight is 364 g/mol. The number of nitrogens with one attached hydrogen (secondary N) is 2. The Labute approximate surface area is 144 Å². The Balaban J connectivity index is 2.40. The zero-order chi connectivity index (χ0) is 18.8. The summed E-state index contributed by atoms with van der Waals surface area (Å²) in [4.78, 5) is 23.1. The van der Waals surface area contributed by atoms with Gasteiger partial charge in [-0.3, -0.25) is 14.1 Å².